The molecule has 6 heteroatoms. The van der Waals surface area contributed by atoms with E-state index in [1.807, 2.05) is 0 Å². The summed E-state index contributed by atoms with van der Waals surface area (Å²) in [6.45, 7) is -0.910. The molecule has 2 unspecified atom stereocenters. The fraction of sp³-hybridized carbons (Fsp3) is 0.889. The van der Waals surface area contributed by atoms with Gasteiger partial charge in [-0.1, -0.05) is 6.42 Å². The molecule has 0 saturated heterocycles. The first-order valence-electron chi connectivity index (χ1n) is 4.90. The molecule has 1 aliphatic rings. The molecule has 0 bridgehead atoms. The van der Waals surface area contributed by atoms with E-state index < -0.39 is 24.6 Å². The van der Waals surface area contributed by atoms with Gasteiger partial charge in [0, 0.05) is 0 Å². The maximum absolute atomic E-state index is 11.8. The lowest BCUT2D eigenvalue weighted by Gasteiger charge is -2.16. The smallest absolute Gasteiger partial charge is 0.401 e. The first kappa shape index (κ1) is 12.3. The largest absolute Gasteiger partial charge is 0.481 e. The monoisotopic (exact) mass is 225 g/mol. The van der Waals surface area contributed by atoms with Crippen molar-refractivity contribution in [2.45, 2.75) is 25.4 Å². The number of rotatable bonds is 4. The van der Waals surface area contributed by atoms with Crippen molar-refractivity contribution in [3.8, 4) is 0 Å². The fourth-order valence-electron chi connectivity index (χ4n) is 2.01. The molecule has 0 heterocycles. The van der Waals surface area contributed by atoms with Gasteiger partial charge in [0.05, 0.1) is 12.5 Å². The van der Waals surface area contributed by atoms with Crippen molar-refractivity contribution in [2.75, 3.05) is 13.1 Å². The van der Waals surface area contributed by atoms with Crippen LogP contribution in [0.2, 0.25) is 0 Å². The minimum absolute atomic E-state index is 0.135. The van der Waals surface area contributed by atoms with Gasteiger partial charge in [0.1, 0.15) is 0 Å². The first-order chi connectivity index (χ1) is 6.90. The quantitative estimate of drug-likeness (QED) is 0.764. The highest BCUT2D eigenvalue weighted by molar-refractivity contribution is 5.70. The van der Waals surface area contributed by atoms with Crippen molar-refractivity contribution >= 4 is 5.97 Å². The van der Waals surface area contributed by atoms with Gasteiger partial charge >= 0.3 is 12.1 Å². The van der Waals surface area contributed by atoms with Crippen molar-refractivity contribution in [3.05, 3.63) is 0 Å². The van der Waals surface area contributed by atoms with Gasteiger partial charge in [0.25, 0.3) is 0 Å². The Labute approximate surface area is 85.7 Å². The summed E-state index contributed by atoms with van der Waals surface area (Å²) in [4.78, 5) is 10.7. The molecule has 0 radical (unpaired) electrons. The van der Waals surface area contributed by atoms with Crippen LogP contribution in [-0.4, -0.2) is 30.3 Å². The van der Waals surface area contributed by atoms with E-state index in [2.05, 4.69) is 5.32 Å². The minimum Gasteiger partial charge on any atom is -0.481 e. The van der Waals surface area contributed by atoms with Gasteiger partial charge in [-0.3, -0.25) is 4.79 Å². The van der Waals surface area contributed by atoms with Crippen LogP contribution in [0.4, 0.5) is 13.2 Å². The van der Waals surface area contributed by atoms with E-state index >= 15 is 0 Å². The molecule has 0 aromatic rings. The summed E-state index contributed by atoms with van der Waals surface area (Å²) in [5.41, 5.74) is 0. The van der Waals surface area contributed by atoms with Crippen LogP contribution in [0, 0.1) is 11.8 Å². The zero-order valence-electron chi connectivity index (χ0n) is 8.18. The van der Waals surface area contributed by atoms with Gasteiger partial charge < -0.3 is 10.4 Å². The summed E-state index contributed by atoms with van der Waals surface area (Å²) >= 11 is 0. The summed E-state index contributed by atoms with van der Waals surface area (Å²) in [6.07, 6.45) is -2.16. The topological polar surface area (TPSA) is 49.3 Å². The first-order valence-corrected chi connectivity index (χ1v) is 4.90. The molecule has 1 saturated carbocycles. The van der Waals surface area contributed by atoms with Gasteiger partial charge in [-0.25, -0.2) is 0 Å². The van der Waals surface area contributed by atoms with Crippen LogP contribution < -0.4 is 5.32 Å². The number of carbonyl (C=O) groups is 1. The third kappa shape index (κ3) is 4.07. The van der Waals surface area contributed by atoms with Crippen LogP contribution in [0.25, 0.3) is 0 Å². The van der Waals surface area contributed by atoms with Crippen molar-refractivity contribution in [1.82, 2.24) is 5.32 Å². The van der Waals surface area contributed by atoms with Crippen LogP contribution >= 0.6 is 0 Å². The molecule has 2 N–H and O–H groups in total. The highest BCUT2D eigenvalue weighted by atomic mass is 19.4. The highest BCUT2D eigenvalue weighted by Gasteiger charge is 2.33. The zero-order valence-corrected chi connectivity index (χ0v) is 8.18. The number of aliphatic carboxylic acids is 1. The van der Waals surface area contributed by atoms with Gasteiger partial charge in [-0.15, -0.1) is 0 Å². The number of hydrogen-bond acceptors (Lipinski definition) is 2. The van der Waals surface area contributed by atoms with Gasteiger partial charge in [-0.05, 0) is 25.3 Å². The SMILES string of the molecule is O=C(O)C1CCCC1CNCC(F)(F)F. The van der Waals surface area contributed by atoms with Crippen molar-refractivity contribution in [3.63, 3.8) is 0 Å². The van der Waals surface area contributed by atoms with E-state index in [0.29, 0.717) is 12.8 Å². The second-order valence-corrected chi connectivity index (χ2v) is 3.88. The van der Waals surface area contributed by atoms with Crippen LogP contribution in [0.1, 0.15) is 19.3 Å². The molecule has 1 rings (SSSR count). The summed E-state index contributed by atoms with van der Waals surface area (Å²) in [6, 6.07) is 0. The average Bonchev–Trinajstić information content (AvgIpc) is 2.49. The molecule has 3 nitrogen and oxygen atoms in total. The van der Waals surface area contributed by atoms with Crippen LogP contribution in [0.15, 0.2) is 0 Å². The Bertz CT molecular complexity index is 230. The van der Waals surface area contributed by atoms with Crippen molar-refractivity contribution < 1.29 is 23.1 Å². The molecule has 15 heavy (non-hydrogen) atoms. The lowest BCUT2D eigenvalue weighted by Crippen LogP contribution is -2.35. The number of halogens is 3. The second kappa shape index (κ2) is 4.83. The summed E-state index contributed by atoms with van der Waals surface area (Å²) in [5, 5.41) is 11.1. The lowest BCUT2D eigenvalue weighted by molar-refractivity contribution is -0.143. The summed E-state index contributed by atoms with van der Waals surface area (Å²) in [7, 11) is 0. The average molecular weight is 225 g/mol. The van der Waals surface area contributed by atoms with E-state index in [-0.39, 0.29) is 12.5 Å². The molecular weight excluding hydrogens is 211 g/mol. The second-order valence-electron chi connectivity index (χ2n) is 3.88. The molecule has 88 valence electrons. The highest BCUT2D eigenvalue weighted by Crippen LogP contribution is 2.31. The van der Waals surface area contributed by atoms with Crippen LogP contribution in [0.3, 0.4) is 0 Å². The number of hydrogen-bond donors (Lipinski definition) is 2. The number of alkyl halides is 3. The summed E-state index contributed by atoms with van der Waals surface area (Å²) < 4.78 is 35.4. The molecule has 2 atom stereocenters. The lowest BCUT2D eigenvalue weighted by atomic mass is 9.96. The van der Waals surface area contributed by atoms with Crippen molar-refractivity contribution in [2.24, 2.45) is 11.8 Å². The van der Waals surface area contributed by atoms with Crippen LogP contribution in [-0.2, 0) is 4.79 Å². The maximum Gasteiger partial charge on any atom is 0.401 e. The van der Waals surface area contributed by atoms with Crippen LogP contribution in [0.5, 0.6) is 0 Å². The predicted octanol–water partition coefficient (Wildman–Crippen LogP) is 1.64. The Kier molecular flexibility index (Phi) is 3.96. The molecule has 0 aromatic heterocycles. The Balaban J connectivity index is 2.29. The number of carboxylic acid groups (broad SMARTS) is 1. The predicted molar refractivity (Wildman–Crippen MR) is 47.4 cm³/mol. The van der Waals surface area contributed by atoms with E-state index in [0.717, 1.165) is 6.42 Å². The van der Waals surface area contributed by atoms with Gasteiger partial charge in [-0.2, -0.15) is 13.2 Å². The molecule has 0 amide bonds. The third-order valence-corrected chi connectivity index (χ3v) is 2.71. The minimum atomic E-state index is -4.22. The number of nitrogens with one attached hydrogen (secondary N) is 1. The molecular formula is C9H14F3NO2. The Morgan fingerprint density at radius 2 is 2.07 bits per heavy atom. The normalized spacial score (nSPS) is 26.9. The van der Waals surface area contributed by atoms with E-state index in [9.17, 15) is 18.0 Å². The Hall–Kier alpha value is -0.780. The van der Waals surface area contributed by atoms with Gasteiger partial charge in [0.15, 0.2) is 0 Å². The Morgan fingerprint density at radius 3 is 2.60 bits per heavy atom. The van der Waals surface area contributed by atoms with Gasteiger partial charge in [0.2, 0.25) is 0 Å². The number of carboxylic acids is 1. The van der Waals surface area contributed by atoms with Crippen molar-refractivity contribution in [1.29, 1.82) is 0 Å². The maximum atomic E-state index is 11.8. The standard InChI is InChI=1S/C9H14F3NO2/c10-9(11,12)5-13-4-6-2-1-3-7(6)8(14)15/h6-7,13H,1-5H2,(H,14,15). The third-order valence-electron chi connectivity index (χ3n) is 2.71. The summed E-state index contributed by atoms with van der Waals surface area (Å²) in [5.74, 6) is -1.54. The molecule has 1 aliphatic carbocycles. The zero-order chi connectivity index (χ0) is 11.5. The molecule has 1 fully saturated rings. The Morgan fingerprint density at radius 1 is 1.40 bits per heavy atom. The molecule has 0 aromatic carbocycles. The van der Waals surface area contributed by atoms with E-state index in [1.54, 1.807) is 0 Å². The van der Waals surface area contributed by atoms with E-state index in [1.165, 1.54) is 0 Å². The molecule has 0 aliphatic heterocycles. The fourth-order valence-corrected chi connectivity index (χ4v) is 2.01. The van der Waals surface area contributed by atoms with E-state index in [4.69, 9.17) is 5.11 Å². The molecule has 0 spiro atoms.